The van der Waals surface area contributed by atoms with Crippen LogP contribution in [-0.4, -0.2) is 30.9 Å². The highest BCUT2D eigenvalue weighted by atomic mass is 35.5. The SMILES string of the molecule is CC(=O)NCc1ccc(C(=O)COC(=O)C2=Cc3cc(Cl)ccc3OC2)s1. The Hall–Kier alpha value is -2.64. The van der Waals surface area contributed by atoms with E-state index in [-0.39, 0.29) is 24.9 Å². The van der Waals surface area contributed by atoms with Crippen LogP contribution in [0.3, 0.4) is 0 Å². The van der Waals surface area contributed by atoms with Crippen LogP contribution in [0.4, 0.5) is 0 Å². The number of ketones is 1. The highest BCUT2D eigenvalue weighted by Gasteiger charge is 2.20. The Morgan fingerprint density at radius 1 is 1.26 bits per heavy atom. The van der Waals surface area contributed by atoms with Crippen LogP contribution in [-0.2, 0) is 20.9 Å². The van der Waals surface area contributed by atoms with Gasteiger partial charge in [-0.3, -0.25) is 9.59 Å². The molecule has 2 heterocycles. The quantitative estimate of drug-likeness (QED) is 0.589. The van der Waals surface area contributed by atoms with Crippen LogP contribution < -0.4 is 10.1 Å². The van der Waals surface area contributed by atoms with Crippen molar-refractivity contribution in [3.8, 4) is 5.75 Å². The summed E-state index contributed by atoms with van der Waals surface area (Å²) in [7, 11) is 0. The van der Waals surface area contributed by atoms with Gasteiger partial charge in [-0.15, -0.1) is 11.3 Å². The number of thiophene rings is 1. The first kappa shape index (κ1) is 19.1. The molecule has 0 aliphatic carbocycles. The first-order valence-corrected chi connectivity index (χ1v) is 9.28. The predicted molar refractivity (Wildman–Crippen MR) is 102 cm³/mol. The Kier molecular flexibility index (Phi) is 5.93. The number of carbonyl (C=O) groups excluding carboxylic acids is 3. The largest absolute Gasteiger partial charge is 0.488 e. The smallest absolute Gasteiger partial charge is 0.337 e. The number of hydrogen-bond acceptors (Lipinski definition) is 6. The summed E-state index contributed by atoms with van der Waals surface area (Å²) in [6.07, 6.45) is 1.65. The molecule has 6 nitrogen and oxygen atoms in total. The normalized spacial score (nSPS) is 12.4. The van der Waals surface area contributed by atoms with E-state index in [1.807, 2.05) is 0 Å². The molecule has 1 aliphatic heterocycles. The number of esters is 1. The van der Waals surface area contributed by atoms with E-state index in [2.05, 4.69) is 5.32 Å². The summed E-state index contributed by atoms with van der Waals surface area (Å²) in [5, 5.41) is 3.20. The first-order chi connectivity index (χ1) is 12.9. The minimum Gasteiger partial charge on any atom is -0.488 e. The number of amides is 1. The summed E-state index contributed by atoms with van der Waals surface area (Å²) in [6.45, 7) is 1.49. The molecule has 0 radical (unpaired) electrons. The van der Waals surface area contributed by atoms with E-state index in [0.717, 1.165) is 4.88 Å². The number of halogens is 1. The van der Waals surface area contributed by atoms with E-state index in [4.69, 9.17) is 21.1 Å². The zero-order valence-electron chi connectivity index (χ0n) is 14.4. The summed E-state index contributed by atoms with van der Waals surface area (Å²) in [5.41, 5.74) is 1.00. The van der Waals surface area contributed by atoms with Gasteiger partial charge in [0.2, 0.25) is 11.7 Å². The van der Waals surface area contributed by atoms with Crippen molar-refractivity contribution in [3.63, 3.8) is 0 Å². The van der Waals surface area contributed by atoms with Gasteiger partial charge in [-0.05, 0) is 36.4 Å². The van der Waals surface area contributed by atoms with Crippen LogP contribution in [0.25, 0.3) is 6.08 Å². The zero-order chi connectivity index (χ0) is 19.4. The van der Waals surface area contributed by atoms with Crippen molar-refractivity contribution in [2.24, 2.45) is 0 Å². The van der Waals surface area contributed by atoms with Crippen molar-refractivity contribution < 1.29 is 23.9 Å². The molecule has 3 rings (SSSR count). The molecule has 0 spiro atoms. The lowest BCUT2D eigenvalue weighted by Gasteiger charge is -2.17. The third kappa shape index (κ3) is 4.96. The van der Waals surface area contributed by atoms with E-state index in [1.54, 1.807) is 36.4 Å². The molecule has 1 amide bonds. The molecular formula is C19H16ClNO5S. The number of ether oxygens (including phenoxy) is 2. The number of carbonyl (C=O) groups is 3. The number of hydrogen-bond donors (Lipinski definition) is 1. The van der Waals surface area contributed by atoms with Gasteiger partial charge in [0, 0.05) is 22.4 Å². The molecule has 1 N–H and O–H groups in total. The third-order valence-electron chi connectivity index (χ3n) is 3.73. The van der Waals surface area contributed by atoms with Crippen LogP contribution in [0, 0.1) is 0 Å². The molecule has 1 aromatic heterocycles. The van der Waals surface area contributed by atoms with Crippen molar-refractivity contribution >= 4 is 46.7 Å². The fourth-order valence-corrected chi connectivity index (χ4v) is 3.45. The maximum absolute atomic E-state index is 12.2. The highest BCUT2D eigenvalue weighted by molar-refractivity contribution is 7.14. The number of benzene rings is 1. The molecule has 0 saturated heterocycles. The number of rotatable bonds is 6. The Labute approximate surface area is 164 Å². The van der Waals surface area contributed by atoms with E-state index < -0.39 is 5.97 Å². The van der Waals surface area contributed by atoms with Gasteiger partial charge >= 0.3 is 5.97 Å². The van der Waals surface area contributed by atoms with Gasteiger partial charge in [0.15, 0.2) is 6.61 Å². The third-order valence-corrected chi connectivity index (χ3v) is 5.09. The molecule has 8 heteroatoms. The van der Waals surface area contributed by atoms with Crippen molar-refractivity contribution in [1.82, 2.24) is 5.32 Å². The standard InChI is InChI=1S/C19H16ClNO5S/c1-11(22)21-8-15-3-5-18(27-15)16(23)10-26-19(24)13-6-12-7-14(20)2-4-17(12)25-9-13/h2-7H,8-10H2,1H3,(H,21,22). The Morgan fingerprint density at radius 2 is 2.07 bits per heavy atom. The molecule has 140 valence electrons. The van der Waals surface area contributed by atoms with Gasteiger partial charge in [-0.25, -0.2) is 4.79 Å². The molecule has 0 unspecified atom stereocenters. The maximum Gasteiger partial charge on any atom is 0.337 e. The molecular weight excluding hydrogens is 390 g/mol. The molecule has 0 fully saturated rings. The van der Waals surface area contributed by atoms with Gasteiger partial charge < -0.3 is 14.8 Å². The van der Waals surface area contributed by atoms with Crippen molar-refractivity contribution in [2.45, 2.75) is 13.5 Å². The lowest BCUT2D eigenvalue weighted by Crippen LogP contribution is -2.20. The summed E-state index contributed by atoms with van der Waals surface area (Å²) in [6, 6.07) is 8.54. The molecule has 1 aliphatic rings. The van der Waals surface area contributed by atoms with Crippen LogP contribution in [0.15, 0.2) is 35.9 Å². The summed E-state index contributed by atoms with van der Waals surface area (Å²) >= 11 is 7.20. The van der Waals surface area contributed by atoms with Gasteiger partial charge in [-0.2, -0.15) is 0 Å². The van der Waals surface area contributed by atoms with E-state index in [1.165, 1.54) is 18.3 Å². The second kappa shape index (κ2) is 8.37. The second-order valence-electron chi connectivity index (χ2n) is 5.82. The van der Waals surface area contributed by atoms with Crippen molar-refractivity contribution in [1.29, 1.82) is 0 Å². The Morgan fingerprint density at radius 3 is 2.85 bits per heavy atom. The van der Waals surface area contributed by atoms with Gasteiger partial charge in [0.05, 0.1) is 17.0 Å². The van der Waals surface area contributed by atoms with Gasteiger partial charge in [0.1, 0.15) is 12.4 Å². The molecule has 1 aromatic carbocycles. The van der Waals surface area contributed by atoms with Gasteiger partial charge in [-0.1, -0.05) is 11.6 Å². The predicted octanol–water partition coefficient (Wildman–Crippen LogP) is 3.24. The van der Waals surface area contributed by atoms with Crippen molar-refractivity contribution in [3.05, 3.63) is 56.2 Å². The number of Topliss-reactive ketones (excluding diaryl/α,β-unsaturated/α-hetero) is 1. The maximum atomic E-state index is 12.2. The fourth-order valence-electron chi connectivity index (χ4n) is 2.40. The topological polar surface area (TPSA) is 81.7 Å². The molecule has 0 saturated carbocycles. The molecule has 0 atom stereocenters. The van der Waals surface area contributed by atoms with E-state index in [9.17, 15) is 14.4 Å². The second-order valence-corrected chi connectivity index (χ2v) is 7.42. The monoisotopic (exact) mass is 405 g/mol. The van der Waals surface area contributed by atoms with Crippen LogP contribution in [0.1, 0.15) is 27.0 Å². The van der Waals surface area contributed by atoms with E-state index in [0.29, 0.717) is 33.3 Å². The molecule has 0 bridgehead atoms. The lowest BCUT2D eigenvalue weighted by molar-refractivity contribution is -0.138. The van der Waals surface area contributed by atoms with Crippen LogP contribution in [0.2, 0.25) is 5.02 Å². The van der Waals surface area contributed by atoms with Crippen LogP contribution in [0.5, 0.6) is 5.75 Å². The average Bonchev–Trinajstić information content (AvgIpc) is 3.12. The van der Waals surface area contributed by atoms with Crippen molar-refractivity contribution in [2.75, 3.05) is 13.2 Å². The Balaban J connectivity index is 1.57. The molecule has 2 aromatic rings. The zero-order valence-corrected chi connectivity index (χ0v) is 16.0. The van der Waals surface area contributed by atoms with Gasteiger partial charge in [0.25, 0.3) is 0 Å². The Bertz CT molecular complexity index is 934. The lowest BCUT2D eigenvalue weighted by atomic mass is 10.1. The minimum absolute atomic E-state index is 0.0710. The summed E-state index contributed by atoms with van der Waals surface area (Å²) in [5.74, 6) is -0.416. The number of fused-ring (bicyclic) bond motifs is 1. The van der Waals surface area contributed by atoms with E-state index >= 15 is 0 Å². The number of nitrogens with one attached hydrogen (secondary N) is 1. The summed E-state index contributed by atoms with van der Waals surface area (Å²) in [4.78, 5) is 36.7. The highest BCUT2D eigenvalue weighted by Crippen LogP contribution is 2.29. The molecule has 27 heavy (non-hydrogen) atoms. The minimum atomic E-state index is -0.607. The van der Waals surface area contributed by atoms with Crippen LogP contribution >= 0.6 is 22.9 Å². The fraction of sp³-hybridized carbons (Fsp3) is 0.211. The average molecular weight is 406 g/mol. The summed E-state index contributed by atoms with van der Waals surface area (Å²) < 4.78 is 10.6. The first-order valence-electron chi connectivity index (χ1n) is 8.09.